The van der Waals surface area contributed by atoms with Crippen LogP contribution < -0.4 is 10.1 Å². The van der Waals surface area contributed by atoms with E-state index in [0.717, 1.165) is 9.13 Å². The predicted molar refractivity (Wildman–Crippen MR) is 110 cm³/mol. The molecule has 6 heteroatoms. The highest BCUT2D eigenvalue weighted by atomic mass is 127. The normalized spacial score (nSPS) is 11.5. The molecule has 5 nitrogen and oxygen atoms in total. The molecule has 0 radical (unpaired) electrons. The van der Waals surface area contributed by atoms with E-state index < -0.39 is 6.04 Å². The van der Waals surface area contributed by atoms with Crippen molar-refractivity contribution in [3.63, 3.8) is 0 Å². The molecule has 0 spiro atoms. The minimum absolute atomic E-state index is 0.100. The Labute approximate surface area is 167 Å². The van der Waals surface area contributed by atoms with E-state index in [1.165, 1.54) is 0 Å². The fraction of sp³-hybridized carbons (Fsp3) is 0.300. The Bertz CT molecular complexity index is 720. The number of benzene rings is 2. The molecular formula is C20H23IN2O3. The topological polar surface area (TPSA) is 58.6 Å². The standard InChI is InChI=1S/C20H23IN2O3/c1-15(20(25)22-2)23(13-12-16-6-4-3-5-7-16)19(24)14-26-18-10-8-17(21)9-11-18/h3-11,15H,12-14H2,1-2H3,(H,22,25). The molecule has 0 aliphatic heterocycles. The fourth-order valence-electron chi connectivity index (χ4n) is 2.54. The van der Waals surface area contributed by atoms with E-state index in [4.69, 9.17) is 4.74 Å². The molecule has 0 saturated carbocycles. The van der Waals surface area contributed by atoms with Crippen molar-refractivity contribution in [1.29, 1.82) is 0 Å². The number of hydrogen-bond acceptors (Lipinski definition) is 3. The number of rotatable bonds is 8. The zero-order valence-corrected chi connectivity index (χ0v) is 17.1. The lowest BCUT2D eigenvalue weighted by Crippen LogP contribution is -2.49. The molecule has 138 valence electrons. The van der Waals surface area contributed by atoms with Gasteiger partial charge in [-0.1, -0.05) is 30.3 Å². The van der Waals surface area contributed by atoms with Gasteiger partial charge in [0.1, 0.15) is 11.8 Å². The molecule has 2 rings (SSSR count). The number of ether oxygens (including phenoxy) is 1. The summed E-state index contributed by atoms with van der Waals surface area (Å²) in [5.74, 6) is 0.227. The van der Waals surface area contributed by atoms with Gasteiger partial charge in [0.2, 0.25) is 5.91 Å². The van der Waals surface area contributed by atoms with E-state index in [1.54, 1.807) is 18.9 Å². The smallest absolute Gasteiger partial charge is 0.261 e. The first-order valence-corrected chi connectivity index (χ1v) is 9.52. The number of amides is 2. The third kappa shape index (κ3) is 6.01. The predicted octanol–water partition coefficient (Wildman–Crippen LogP) is 2.88. The molecule has 0 heterocycles. The van der Waals surface area contributed by atoms with Gasteiger partial charge < -0.3 is 15.0 Å². The van der Waals surface area contributed by atoms with Crippen LogP contribution in [0.2, 0.25) is 0 Å². The summed E-state index contributed by atoms with van der Waals surface area (Å²) < 4.78 is 6.69. The molecule has 2 aromatic carbocycles. The summed E-state index contributed by atoms with van der Waals surface area (Å²) in [7, 11) is 1.57. The number of carbonyl (C=O) groups excluding carboxylic acids is 2. The van der Waals surface area contributed by atoms with Gasteiger partial charge >= 0.3 is 0 Å². The Morgan fingerprint density at radius 2 is 1.77 bits per heavy atom. The number of nitrogens with zero attached hydrogens (tertiary/aromatic N) is 1. The maximum atomic E-state index is 12.7. The van der Waals surface area contributed by atoms with E-state index in [2.05, 4.69) is 27.9 Å². The second-order valence-corrected chi connectivity index (χ2v) is 7.10. The highest BCUT2D eigenvalue weighted by molar-refractivity contribution is 14.1. The lowest BCUT2D eigenvalue weighted by atomic mass is 10.1. The molecule has 0 fully saturated rings. The van der Waals surface area contributed by atoms with Crippen LogP contribution in [0.3, 0.4) is 0 Å². The number of halogens is 1. The Balaban J connectivity index is 2.02. The average molecular weight is 466 g/mol. The van der Waals surface area contributed by atoms with Gasteiger partial charge in [-0.15, -0.1) is 0 Å². The van der Waals surface area contributed by atoms with Crippen LogP contribution in [0.4, 0.5) is 0 Å². The average Bonchev–Trinajstić information content (AvgIpc) is 2.67. The molecule has 2 amide bonds. The largest absolute Gasteiger partial charge is 0.484 e. The van der Waals surface area contributed by atoms with Crippen LogP contribution in [0, 0.1) is 3.57 Å². The van der Waals surface area contributed by atoms with Gasteiger partial charge in [-0.3, -0.25) is 9.59 Å². The Morgan fingerprint density at radius 3 is 2.38 bits per heavy atom. The highest BCUT2D eigenvalue weighted by Crippen LogP contribution is 2.14. The highest BCUT2D eigenvalue weighted by Gasteiger charge is 2.25. The molecule has 0 saturated heterocycles. The summed E-state index contributed by atoms with van der Waals surface area (Å²) in [6.45, 7) is 2.08. The van der Waals surface area contributed by atoms with Crippen molar-refractivity contribution in [2.75, 3.05) is 20.2 Å². The maximum Gasteiger partial charge on any atom is 0.261 e. The lowest BCUT2D eigenvalue weighted by molar-refractivity contribution is -0.141. The van der Waals surface area contributed by atoms with Crippen LogP contribution in [0.15, 0.2) is 54.6 Å². The van der Waals surface area contributed by atoms with Gasteiger partial charge in [0.25, 0.3) is 5.91 Å². The van der Waals surface area contributed by atoms with Gasteiger partial charge in [0.15, 0.2) is 6.61 Å². The summed E-state index contributed by atoms with van der Waals surface area (Å²) in [6, 6.07) is 16.8. The monoisotopic (exact) mass is 466 g/mol. The van der Waals surface area contributed by atoms with E-state index >= 15 is 0 Å². The summed E-state index contributed by atoms with van der Waals surface area (Å²) in [6.07, 6.45) is 0.678. The summed E-state index contributed by atoms with van der Waals surface area (Å²) in [5, 5.41) is 2.60. The summed E-state index contributed by atoms with van der Waals surface area (Å²) >= 11 is 2.21. The molecule has 0 bridgehead atoms. The maximum absolute atomic E-state index is 12.7. The zero-order valence-electron chi connectivity index (χ0n) is 14.9. The van der Waals surface area contributed by atoms with Gasteiger partial charge in [-0.25, -0.2) is 0 Å². The summed E-state index contributed by atoms with van der Waals surface area (Å²) in [4.78, 5) is 26.3. The molecule has 1 atom stereocenters. The SMILES string of the molecule is CNC(=O)C(C)N(CCc1ccccc1)C(=O)COc1ccc(I)cc1. The number of carbonyl (C=O) groups is 2. The lowest BCUT2D eigenvalue weighted by Gasteiger charge is -2.28. The van der Waals surface area contributed by atoms with Crippen molar-refractivity contribution in [2.45, 2.75) is 19.4 Å². The minimum Gasteiger partial charge on any atom is -0.484 e. The molecule has 0 aliphatic carbocycles. The van der Waals surface area contributed by atoms with Crippen molar-refractivity contribution >= 4 is 34.4 Å². The van der Waals surface area contributed by atoms with Gasteiger partial charge in [0, 0.05) is 17.2 Å². The Kier molecular flexibility index (Phi) is 7.90. The number of hydrogen-bond donors (Lipinski definition) is 1. The zero-order chi connectivity index (χ0) is 18.9. The molecule has 2 aromatic rings. The minimum atomic E-state index is -0.559. The van der Waals surface area contributed by atoms with Crippen LogP contribution in [0.1, 0.15) is 12.5 Å². The fourth-order valence-corrected chi connectivity index (χ4v) is 2.90. The van der Waals surface area contributed by atoms with Crippen LogP contribution in [-0.2, 0) is 16.0 Å². The molecule has 1 unspecified atom stereocenters. The first-order valence-electron chi connectivity index (χ1n) is 8.44. The first-order chi connectivity index (χ1) is 12.5. The van der Waals surface area contributed by atoms with Crippen LogP contribution >= 0.6 is 22.6 Å². The molecular weight excluding hydrogens is 443 g/mol. The van der Waals surface area contributed by atoms with Crippen molar-refractivity contribution in [3.8, 4) is 5.75 Å². The second-order valence-electron chi connectivity index (χ2n) is 5.86. The Morgan fingerprint density at radius 1 is 1.12 bits per heavy atom. The van der Waals surface area contributed by atoms with E-state index in [-0.39, 0.29) is 18.4 Å². The van der Waals surface area contributed by atoms with E-state index in [9.17, 15) is 9.59 Å². The van der Waals surface area contributed by atoms with Crippen molar-refractivity contribution in [3.05, 3.63) is 63.7 Å². The number of likely N-dealkylation sites (N-methyl/N-ethyl adjacent to an activating group) is 1. The van der Waals surface area contributed by atoms with Crippen molar-refractivity contribution in [2.24, 2.45) is 0 Å². The molecule has 0 aromatic heterocycles. The molecule has 1 N–H and O–H groups in total. The van der Waals surface area contributed by atoms with Crippen molar-refractivity contribution in [1.82, 2.24) is 10.2 Å². The number of nitrogens with one attached hydrogen (secondary N) is 1. The van der Waals surface area contributed by atoms with E-state index in [0.29, 0.717) is 18.7 Å². The van der Waals surface area contributed by atoms with E-state index in [1.807, 2.05) is 54.6 Å². The van der Waals surface area contributed by atoms with Gasteiger partial charge in [-0.2, -0.15) is 0 Å². The molecule has 0 aliphatic rings. The van der Waals surface area contributed by atoms with Crippen LogP contribution in [0.5, 0.6) is 5.75 Å². The quantitative estimate of drug-likeness (QED) is 0.609. The van der Waals surface area contributed by atoms with Crippen molar-refractivity contribution < 1.29 is 14.3 Å². The third-order valence-electron chi connectivity index (χ3n) is 4.07. The first kappa shape index (κ1) is 20.2. The van der Waals surface area contributed by atoms with Gasteiger partial charge in [-0.05, 0) is 65.8 Å². The third-order valence-corrected chi connectivity index (χ3v) is 4.79. The second kappa shape index (κ2) is 10.2. The van der Waals surface area contributed by atoms with Crippen LogP contribution in [0.25, 0.3) is 0 Å². The van der Waals surface area contributed by atoms with Crippen LogP contribution in [-0.4, -0.2) is 43.0 Å². The molecule has 26 heavy (non-hydrogen) atoms. The van der Waals surface area contributed by atoms with Gasteiger partial charge in [0.05, 0.1) is 0 Å². The summed E-state index contributed by atoms with van der Waals surface area (Å²) in [5.41, 5.74) is 1.12. The Hall–Kier alpha value is -2.09.